The molecule has 0 bridgehead atoms. The Labute approximate surface area is 320 Å². The molecule has 0 fully saturated rings. The number of hydrogen-bond acceptors (Lipinski definition) is 4. The van der Waals surface area contributed by atoms with Crippen LogP contribution in [0.5, 0.6) is 0 Å². The Bertz CT molecular complexity index is 731. The maximum Gasteiger partial charge on any atom is 0.333 e. The highest BCUT2D eigenvalue weighted by atomic mass is 31.2. The summed E-state index contributed by atoms with van der Waals surface area (Å²) in [4.78, 5) is 10.4. The second kappa shape index (κ2) is 38.3. The van der Waals surface area contributed by atoms with Crippen LogP contribution in [0.1, 0.15) is 219 Å². The second-order valence-corrected chi connectivity index (χ2v) is 18.8. The van der Waals surface area contributed by atoms with Crippen LogP contribution in [0.4, 0.5) is 0 Å². The molecule has 0 radical (unpaired) electrons. The lowest BCUT2D eigenvalue weighted by molar-refractivity contribution is -0.867. The normalized spacial score (nSPS) is 13.9. The van der Waals surface area contributed by atoms with Gasteiger partial charge in [0.25, 0.3) is 0 Å². The molecule has 0 heterocycles. The van der Waals surface area contributed by atoms with E-state index in [2.05, 4.69) is 13.8 Å². The van der Waals surface area contributed by atoms with Crippen molar-refractivity contribution >= 4 is 7.60 Å². The lowest BCUT2D eigenvalue weighted by atomic mass is 10.0. The third kappa shape index (κ3) is 42.6. The van der Waals surface area contributed by atoms with E-state index in [1.807, 2.05) is 21.1 Å². The van der Waals surface area contributed by atoms with Gasteiger partial charge in [0.2, 0.25) is 0 Å². The van der Waals surface area contributed by atoms with Crippen LogP contribution in [0.2, 0.25) is 0 Å². The van der Waals surface area contributed by atoms with E-state index in [1.54, 1.807) is 0 Å². The van der Waals surface area contributed by atoms with Gasteiger partial charge in [-0.25, -0.2) is 0 Å². The Morgan fingerprint density at radius 3 is 1.12 bits per heavy atom. The van der Waals surface area contributed by atoms with Crippen molar-refractivity contribution in [1.29, 1.82) is 0 Å². The van der Waals surface area contributed by atoms with Crippen LogP contribution in [-0.4, -0.2) is 75.8 Å². The molecule has 1 N–H and O–H groups in total. The Kier molecular flexibility index (Phi) is 38.3. The van der Waals surface area contributed by atoms with Gasteiger partial charge in [-0.15, -0.1) is 0 Å². The first-order chi connectivity index (χ1) is 24.7. The lowest BCUT2D eigenvalue weighted by Gasteiger charge is -2.25. The summed E-state index contributed by atoms with van der Waals surface area (Å²) in [5.74, 6) is 0. The van der Waals surface area contributed by atoms with Crippen molar-refractivity contribution in [2.45, 2.75) is 225 Å². The third-order valence-electron chi connectivity index (χ3n) is 10.3. The number of unbranched alkanes of at least 4 members (excludes halogenated alkanes) is 30. The zero-order chi connectivity index (χ0) is 37.6. The number of quaternary nitrogens is 1. The van der Waals surface area contributed by atoms with Crippen molar-refractivity contribution in [3.8, 4) is 0 Å². The van der Waals surface area contributed by atoms with Crippen molar-refractivity contribution in [3.63, 3.8) is 0 Å². The largest absolute Gasteiger partial charge is 0.379 e. The highest BCUT2D eigenvalue weighted by Gasteiger charge is 2.25. The minimum absolute atomic E-state index is 0.114. The van der Waals surface area contributed by atoms with Crippen LogP contribution >= 0.6 is 7.60 Å². The van der Waals surface area contributed by atoms with Gasteiger partial charge in [-0.2, -0.15) is 0 Å². The summed E-state index contributed by atoms with van der Waals surface area (Å²) >= 11 is 0. The third-order valence-corrected chi connectivity index (χ3v) is 11.6. The first kappa shape index (κ1) is 51.0. The van der Waals surface area contributed by atoms with Crippen molar-refractivity contribution in [1.82, 2.24) is 0 Å². The Morgan fingerprint density at radius 2 is 0.784 bits per heavy atom. The summed E-state index contributed by atoms with van der Waals surface area (Å²) in [5, 5.41) is 0. The molecule has 1 unspecified atom stereocenters. The lowest BCUT2D eigenvalue weighted by Crippen LogP contribution is -2.37. The predicted molar refractivity (Wildman–Crippen MR) is 223 cm³/mol. The van der Waals surface area contributed by atoms with Gasteiger partial charge in [-0.1, -0.05) is 206 Å². The topological polar surface area (TPSA) is 65.0 Å². The minimum Gasteiger partial charge on any atom is -0.379 e. The van der Waals surface area contributed by atoms with E-state index in [-0.39, 0.29) is 18.9 Å². The van der Waals surface area contributed by atoms with Crippen LogP contribution in [0, 0.1) is 0 Å². The average Bonchev–Trinajstić information content (AvgIpc) is 3.10. The second-order valence-electron chi connectivity index (χ2n) is 16.8. The fourth-order valence-corrected chi connectivity index (χ4v) is 8.08. The monoisotopic (exact) mass is 747 g/mol. The smallest absolute Gasteiger partial charge is 0.333 e. The molecule has 0 aromatic rings. The molecule has 308 valence electrons. The van der Waals surface area contributed by atoms with Gasteiger partial charge in [0.1, 0.15) is 6.10 Å². The maximum absolute atomic E-state index is 12.7. The summed E-state index contributed by atoms with van der Waals surface area (Å²) in [5.41, 5.74) is 0. The molecular weight excluding hydrogens is 653 g/mol. The van der Waals surface area contributed by atoms with Crippen molar-refractivity contribution in [2.75, 3.05) is 60.3 Å². The molecule has 0 amide bonds. The summed E-state index contributed by atoms with van der Waals surface area (Å²) in [6, 6.07) is 0. The van der Waals surface area contributed by atoms with Gasteiger partial charge in [0.15, 0.2) is 0 Å². The van der Waals surface area contributed by atoms with Crippen LogP contribution in [0.25, 0.3) is 0 Å². The summed E-state index contributed by atoms with van der Waals surface area (Å²) < 4.78 is 31.0. The molecule has 0 rings (SSSR count). The van der Waals surface area contributed by atoms with Crippen LogP contribution < -0.4 is 0 Å². The van der Waals surface area contributed by atoms with E-state index >= 15 is 0 Å². The van der Waals surface area contributed by atoms with Gasteiger partial charge < -0.3 is 23.4 Å². The van der Waals surface area contributed by atoms with E-state index in [1.165, 1.54) is 193 Å². The van der Waals surface area contributed by atoms with Crippen molar-refractivity contribution in [2.24, 2.45) is 0 Å². The molecule has 0 aromatic carbocycles. The van der Waals surface area contributed by atoms with Crippen LogP contribution in [0.3, 0.4) is 0 Å². The standard InChI is InChI=1S/C44H92NO5P/c1-6-8-10-12-14-16-18-20-22-24-26-28-30-32-34-36-39-48-42-44(43-50-51(46,47)41-38-45(3,4)5)49-40-37-35-33-31-29-27-25-23-21-19-17-15-13-11-9-7-2/h44H,6-43H2,1-5H3/p+1/t44-/m1/s1. The van der Waals surface area contributed by atoms with E-state index in [9.17, 15) is 9.46 Å². The molecule has 0 aliphatic carbocycles. The molecule has 0 aliphatic rings. The summed E-state index contributed by atoms with van der Waals surface area (Å²) in [7, 11) is 2.42. The van der Waals surface area contributed by atoms with Gasteiger partial charge in [-0.05, 0) is 12.8 Å². The van der Waals surface area contributed by atoms with E-state index in [0.717, 1.165) is 19.4 Å². The average molecular weight is 747 g/mol. The Morgan fingerprint density at radius 1 is 0.471 bits per heavy atom. The summed E-state index contributed by atoms with van der Waals surface area (Å²) in [6.45, 7) is 7.08. The number of nitrogens with zero attached hydrogens (tertiary/aromatic N) is 1. The van der Waals surface area contributed by atoms with E-state index in [4.69, 9.17) is 14.0 Å². The molecule has 7 heteroatoms. The van der Waals surface area contributed by atoms with Crippen molar-refractivity contribution in [3.05, 3.63) is 0 Å². The molecule has 0 saturated carbocycles. The first-order valence-electron chi connectivity index (χ1n) is 22.7. The molecule has 51 heavy (non-hydrogen) atoms. The van der Waals surface area contributed by atoms with Crippen LogP contribution in [0.15, 0.2) is 0 Å². The maximum atomic E-state index is 12.7. The molecular formula is C44H93NO5P+. The molecule has 6 nitrogen and oxygen atoms in total. The molecule has 0 aromatic heterocycles. The fourth-order valence-electron chi connectivity index (χ4n) is 6.70. The van der Waals surface area contributed by atoms with Gasteiger partial charge in [0.05, 0.1) is 47.1 Å². The number of ether oxygens (including phenoxy) is 2. The minimum atomic E-state index is -3.65. The van der Waals surface area contributed by atoms with Gasteiger partial charge in [0, 0.05) is 13.2 Å². The predicted octanol–water partition coefficient (Wildman–Crippen LogP) is 13.8. The number of hydrogen-bond donors (Lipinski definition) is 1. The van der Waals surface area contributed by atoms with Gasteiger partial charge >= 0.3 is 7.60 Å². The fraction of sp³-hybridized carbons (Fsp3) is 1.00. The van der Waals surface area contributed by atoms with E-state index in [0.29, 0.717) is 24.2 Å². The Balaban J connectivity index is 3.99. The van der Waals surface area contributed by atoms with E-state index < -0.39 is 7.60 Å². The van der Waals surface area contributed by atoms with Gasteiger partial charge in [-0.3, -0.25) is 4.57 Å². The highest BCUT2D eigenvalue weighted by Crippen LogP contribution is 2.42. The molecule has 0 aliphatic heterocycles. The molecule has 0 spiro atoms. The quantitative estimate of drug-likeness (QED) is 0.0382. The first-order valence-corrected chi connectivity index (χ1v) is 24.4. The zero-order valence-corrected chi connectivity index (χ0v) is 36.3. The molecule has 0 saturated heterocycles. The Hall–Kier alpha value is 0.0300. The number of rotatable bonds is 43. The summed E-state index contributed by atoms with van der Waals surface area (Å²) in [6.07, 6.45) is 43.2. The SMILES string of the molecule is CCCCCCCCCCCCCCCCCCOC[C@H](COP(=O)(O)CC[N+](C)(C)C)OCCCCCCCCCCCCCCCCCC. The van der Waals surface area contributed by atoms with Crippen LogP contribution in [-0.2, 0) is 18.6 Å². The zero-order valence-electron chi connectivity index (χ0n) is 35.4. The van der Waals surface area contributed by atoms with Crippen molar-refractivity contribution < 1.29 is 27.9 Å². The highest BCUT2D eigenvalue weighted by molar-refractivity contribution is 7.52. The molecule has 2 atom stereocenters.